The van der Waals surface area contributed by atoms with Crippen molar-refractivity contribution in [3.63, 3.8) is 0 Å². The van der Waals surface area contributed by atoms with Gasteiger partial charge in [0.05, 0.1) is 6.20 Å². The van der Waals surface area contributed by atoms with Crippen molar-refractivity contribution in [2.75, 3.05) is 10.6 Å². The van der Waals surface area contributed by atoms with Gasteiger partial charge in [-0.15, -0.1) is 0 Å². The van der Waals surface area contributed by atoms with Gasteiger partial charge in [0, 0.05) is 28.9 Å². The Balaban J connectivity index is 1.44. The summed E-state index contributed by atoms with van der Waals surface area (Å²) in [6.45, 7) is 5.93. The highest BCUT2D eigenvalue weighted by Crippen LogP contribution is 2.24. The van der Waals surface area contributed by atoms with Crippen LogP contribution in [0.5, 0.6) is 0 Å². The molecule has 0 spiro atoms. The first kappa shape index (κ1) is 20.3. The van der Waals surface area contributed by atoms with Crippen LogP contribution in [0.15, 0.2) is 59.4 Å². The van der Waals surface area contributed by atoms with Crippen LogP contribution in [0.4, 0.5) is 20.7 Å². The summed E-state index contributed by atoms with van der Waals surface area (Å²) >= 11 is 0. The third-order valence-electron chi connectivity index (χ3n) is 4.62. The van der Waals surface area contributed by atoms with Crippen LogP contribution in [0.25, 0.3) is 5.65 Å². The SMILES string of the molecule is CC(C)(C)c1cc(NC(=O)Nc2ccc(C(=O)c3cnc4c(F)cccn34)cc2)no1. The van der Waals surface area contributed by atoms with Gasteiger partial charge in [0.2, 0.25) is 5.78 Å². The van der Waals surface area contributed by atoms with Crippen LogP contribution >= 0.6 is 0 Å². The fourth-order valence-corrected chi connectivity index (χ4v) is 2.96. The first-order valence-corrected chi connectivity index (χ1v) is 9.54. The Morgan fingerprint density at radius 2 is 1.84 bits per heavy atom. The van der Waals surface area contributed by atoms with Crippen LogP contribution < -0.4 is 10.6 Å². The molecule has 0 bridgehead atoms. The van der Waals surface area contributed by atoms with Gasteiger partial charge < -0.3 is 9.84 Å². The maximum Gasteiger partial charge on any atom is 0.324 e. The molecular formula is C22H20FN5O3. The predicted molar refractivity (Wildman–Crippen MR) is 113 cm³/mol. The number of amides is 2. The largest absolute Gasteiger partial charge is 0.359 e. The van der Waals surface area contributed by atoms with Crippen molar-refractivity contribution in [2.24, 2.45) is 0 Å². The van der Waals surface area contributed by atoms with Crippen LogP contribution in [0.1, 0.15) is 42.6 Å². The first-order chi connectivity index (χ1) is 14.7. The molecule has 2 N–H and O–H groups in total. The van der Waals surface area contributed by atoms with Crippen molar-refractivity contribution in [3.8, 4) is 0 Å². The lowest BCUT2D eigenvalue weighted by Gasteiger charge is -2.12. The summed E-state index contributed by atoms with van der Waals surface area (Å²) in [5, 5.41) is 9.10. The molecule has 3 heterocycles. The number of urea groups is 1. The van der Waals surface area contributed by atoms with E-state index in [1.54, 1.807) is 36.5 Å². The summed E-state index contributed by atoms with van der Waals surface area (Å²) < 4.78 is 20.4. The summed E-state index contributed by atoms with van der Waals surface area (Å²) in [4.78, 5) is 29.0. The number of ketones is 1. The van der Waals surface area contributed by atoms with E-state index in [-0.39, 0.29) is 22.5 Å². The van der Waals surface area contributed by atoms with E-state index >= 15 is 0 Å². The zero-order valence-electron chi connectivity index (χ0n) is 17.1. The van der Waals surface area contributed by atoms with Crippen LogP contribution in [-0.2, 0) is 5.41 Å². The van der Waals surface area contributed by atoms with E-state index in [2.05, 4.69) is 20.8 Å². The fraction of sp³-hybridized carbons (Fsp3) is 0.182. The van der Waals surface area contributed by atoms with Gasteiger partial charge in [0.1, 0.15) is 11.5 Å². The molecule has 8 nitrogen and oxygen atoms in total. The first-order valence-electron chi connectivity index (χ1n) is 9.54. The normalized spacial score (nSPS) is 11.5. The Bertz CT molecular complexity index is 1270. The van der Waals surface area contributed by atoms with E-state index in [0.717, 1.165) is 0 Å². The Labute approximate surface area is 177 Å². The van der Waals surface area contributed by atoms with Gasteiger partial charge in [-0.3, -0.25) is 14.5 Å². The molecule has 3 aromatic heterocycles. The summed E-state index contributed by atoms with van der Waals surface area (Å²) in [5.74, 6) is 0.132. The number of pyridine rings is 1. The molecule has 31 heavy (non-hydrogen) atoms. The van der Waals surface area contributed by atoms with Crippen LogP contribution in [0.2, 0.25) is 0 Å². The molecule has 0 unspecified atom stereocenters. The molecule has 2 amide bonds. The Hall–Kier alpha value is -4.01. The minimum Gasteiger partial charge on any atom is -0.359 e. The van der Waals surface area contributed by atoms with Crippen LogP contribution in [-0.4, -0.2) is 26.4 Å². The highest BCUT2D eigenvalue weighted by atomic mass is 19.1. The smallest absolute Gasteiger partial charge is 0.324 e. The van der Waals surface area contributed by atoms with Gasteiger partial charge in [-0.1, -0.05) is 25.9 Å². The molecule has 9 heteroatoms. The summed E-state index contributed by atoms with van der Waals surface area (Å²) in [5.41, 5.74) is 0.969. The number of carbonyl (C=O) groups is 2. The third-order valence-corrected chi connectivity index (χ3v) is 4.62. The average Bonchev–Trinajstić information content (AvgIpc) is 3.36. The van der Waals surface area contributed by atoms with Gasteiger partial charge in [-0.25, -0.2) is 14.2 Å². The predicted octanol–water partition coefficient (Wildman–Crippen LogP) is 4.63. The third kappa shape index (κ3) is 4.16. The highest BCUT2D eigenvalue weighted by molar-refractivity contribution is 6.08. The monoisotopic (exact) mass is 421 g/mol. The second kappa shape index (κ2) is 7.67. The van der Waals surface area contributed by atoms with E-state index in [9.17, 15) is 14.0 Å². The van der Waals surface area contributed by atoms with Crippen molar-refractivity contribution < 1.29 is 18.5 Å². The molecule has 0 atom stereocenters. The van der Waals surface area contributed by atoms with Crippen molar-refractivity contribution in [1.29, 1.82) is 0 Å². The number of imidazole rings is 1. The molecule has 4 rings (SSSR count). The highest BCUT2D eigenvalue weighted by Gasteiger charge is 2.20. The maximum atomic E-state index is 13.8. The van der Waals surface area contributed by atoms with Crippen LogP contribution in [0.3, 0.4) is 0 Å². The lowest BCUT2D eigenvalue weighted by Crippen LogP contribution is -2.19. The number of hydrogen-bond acceptors (Lipinski definition) is 5. The quantitative estimate of drug-likeness (QED) is 0.468. The molecule has 4 aromatic rings. The van der Waals surface area contributed by atoms with Crippen molar-refractivity contribution in [1.82, 2.24) is 14.5 Å². The number of nitrogens with one attached hydrogen (secondary N) is 2. The van der Waals surface area contributed by atoms with E-state index < -0.39 is 11.8 Å². The molecule has 0 radical (unpaired) electrons. The van der Waals surface area contributed by atoms with Gasteiger partial charge in [-0.05, 0) is 36.4 Å². The average molecular weight is 421 g/mol. The van der Waals surface area contributed by atoms with E-state index in [4.69, 9.17) is 4.52 Å². The second-order valence-electron chi connectivity index (χ2n) is 8.01. The summed E-state index contributed by atoms with van der Waals surface area (Å²) in [6.07, 6.45) is 2.91. The number of anilines is 2. The standard InChI is InChI=1S/C22H20FN5O3/c1-22(2,3)17-11-18(27-31-17)26-21(30)25-14-8-6-13(7-9-14)19(29)16-12-24-20-15(23)5-4-10-28(16)20/h4-12H,1-3H3,(H2,25,26,27,30). The molecule has 0 saturated heterocycles. The summed E-state index contributed by atoms with van der Waals surface area (Å²) in [7, 11) is 0. The van der Waals surface area contributed by atoms with Gasteiger partial charge in [0.25, 0.3) is 0 Å². The number of nitrogens with zero attached hydrogens (tertiary/aromatic N) is 3. The van der Waals surface area contributed by atoms with Gasteiger partial charge in [0.15, 0.2) is 17.3 Å². The van der Waals surface area contributed by atoms with Crippen molar-refractivity contribution in [2.45, 2.75) is 26.2 Å². The number of carbonyl (C=O) groups excluding carboxylic acids is 2. The molecule has 0 fully saturated rings. The van der Waals surface area contributed by atoms with Crippen molar-refractivity contribution >= 4 is 29.0 Å². The number of halogens is 1. The maximum absolute atomic E-state index is 13.8. The van der Waals surface area contributed by atoms with E-state index in [1.807, 2.05) is 20.8 Å². The Morgan fingerprint density at radius 1 is 1.10 bits per heavy atom. The lowest BCUT2D eigenvalue weighted by atomic mass is 9.93. The number of hydrogen-bond donors (Lipinski definition) is 2. The molecule has 0 aliphatic carbocycles. The summed E-state index contributed by atoms with van der Waals surface area (Å²) in [6, 6.07) is 10.3. The van der Waals surface area contributed by atoms with Gasteiger partial charge in [-0.2, -0.15) is 0 Å². The van der Waals surface area contributed by atoms with Crippen molar-refractivity contribution in [3.05, 3.63) is 77.7 Å². The number of aromatic nitrogens is 3. The topological polar surface area (TPSA) is 102 Å². The zero-order valence-corrected chi connectivity index (χ0v) is 17.1. The zero-order chi connectivity index (χ0) is 22.2. The number of rotatable bonds is 4. The Morgan fingerprint density at radius 3 is 2.52 bits per heavy atom. The minimum absolute atomic E-state index is 0.0864. The number of fused-ring (bicyclic) bond motifs is 1. The molecule has 0 aliphatic rings. The molecule has 1 aromatic carbocycles. The second-order valence-corrected chi connectivity index (χ2v) is 8.01. The molecule has 0 saturated carbocycles. The molecule has 0 aliphatic heterocycles. The van der Waals surface area contributed by atoms with E-state index in [1.165, 1.54) is 22.7 Å². The van der Waals surface area contributed by atoms with E-state index in [0.29, 0.717) is 22.8 Å². The lowest BCUT2D eigenvalue weighted by molar-refractivity contribution is 0.103. The van der Waals surface area contributed by atoms with Crippen LogP contribution in [0, 0.1) is 5.82 Å². The Kier molecular flexibility index (Phi) is 5.02. The molecular weight excluding hydrogens is 401 g/mol. The van der Waals surface area contributed by atoms with Gasteiger partial charge >= 0.3 is 6.03 Å². The minimum atomic E-state index is -0.506. The fourth-order valence-electron chi connectivity index (χ4n) is 2.96. The number of benzene rings is 1. The molecule has 158 valence electrons.